The zero-order valence-electron chi connectivity index (χ0n) is 7.13. The van der Waals surface area contributed by atoms with Gasteiger partial charge in [0.25, 0.3) is 0 Å². The van der Waals surface area contributed by atoms with Crippen molar-refractivity contribution in [3.05, 3.63) is 0 Å². The van der Waals surface area contributed by atoms with Crippen LogP contribution in [0.15, 0.2) is 0 Å². The average Bonchev–Trinajstić information content (AvgIpc) is 2.02. The minimum atomic E-state index is -0.244. The van der Waals surface area contributed by atoms with Gasteiger partial charge in [-0.15, -0.1) is 0 Å². The zero-order chi connectivity index (χ0) is 8.85. The summed E-state index contributed by atoms with van der Waals surface area (Å²) in [6, 6.07) is -0.0277. The standard InChI is InChI=1S/C6H15N3OS/c1-5(4-11-3)9(2)6(10)8-7/h5H,4,7H2,1-3H3,(H,8,10). The highest BCUT2D eigenvalue weighted by atomic mass is 32.2. The molecule has 0 heterocycles. The summed E-state index contributed by atoms with van der Waals surface area (Å²) < 4.78 is 0. The van der Waals surface area contributed by atoms with Crippen molar-refractivity contribution in [3.8, 4) is 0 Å². The Morgan fingerprint density at radius 2 is 2.36 bits per heavy atom. The molecule has 0 aromatic carbocycles. The predicted octanol–water partition coefficient (Wildman–Crippen LogP) is 0.253. The van der Waals surface area contributed by atoms with E-state index in [0.29, 0.717) is 0 Å². The maximum Gasteiger partial charge on any atom is 0.331 e. The smallest absolute Gasteiger partial charge is 0.323 e. The Morgan fingerprint density at radius 3 is 2.73 bits per heavy atom. The summed E-state index contributed by atoms with van der Waals surface area (Å²) in [5, 5.41) is 0. The molecule has 0 aliphatic rings. The molecule has 66 valence electrons. The molecule has 0 spiro atoms. The van der Waals surface area contributed by atoms with Crippen LogP contribution in [0, 0.1) is 0 Å². The zero-order valence-corrected chi connectivity index (χ0v) is 7.94. The van der Waals surface area contributed by atoms with Gasteiger partial charge in [-0.25, -0.2) is 10.6 Å². The first-order valence-electron chi connectivity index (χ1n) is 3.35. The van der Waals surface area contributed by atoms with Gasteiger partial charge in [0.05, 0.1) is 0 Å². The number of rotatable bonds is 3. The summed E-state index contributed by atoms with van der Waals surface area (Å²) in [5.74, 6) is 5.88. The van der Waals surface area contributed by atoms with Gasteiger partial charge in [-0.1, -0.05) is 0 Å². The molecular weight excluding hydrogens is 162 g/mol. The predicted molar refractivity (Wildman–Crippen MR) is 48.3 cm³/mol. The maximum absolute atomic E-state index is 10.9. The van der Waals surface area contributed by atoms with Gasteiger partial charge in [0, 0.05) is 18.8 Å². The van der Waals surface area contributed by atoms with Crippen LogP contribution in [0.4, 0.5) is 4.79 Å². The van der Waals surface area contributed by atoms with Gasteiger partial charge in [-0.3, -0.25) is 5.43 Å². The number of nitrogens with one attached hydrogen (secondary N) is 1. The lowest BCUT2D eigenvalue weighted by atomic mass is 10.4. The molecule has 1 atom stereocenters. The highest BCUT2D eigenvalue weighted by molar-refractivity contribution is 7.98. The van der Waals surface area contributed by atoms with Crippen molar-refractivity contribution in [2.75, 3.05) is 19.1 Å². The van der Waals surface area contributed by atoms with E-state index in [2.05, 4.69) is 5.43 Å². The molecule has 0 saturated heterocycles. The first kappa shape index (κ1) is 10.6. The number of carbonyl (C=O) groups is 1. The SMILES string of the molecule is CSCC(C)N(C)C(=O)NN. The molecule has 1 unspecified atom stereocenters. The van der Waals surface area contributed by atoms with E-state index < -0.39 is 0 Å². The second-order valence-electron chi connectivity index (χ2n) is 2.36. The molecule has 2 amide bonds. The number of hydrogen-bond donors (Lipinski definition) is 2. The fraction of sp³-hybridized carbons (Fsp3) is 0.833. The van der Waals surface area contributed by atoms with Gasteiger partial charge in [0.15, 0.2) is 0 Å². The minimum absolute atomic E-state index is 0.216. The van der Waals surface area contributed by atoms with Crippen LogP contribution in [0.3, 0.4) is 0 Å². The molecule has 0 rings (SSSR count). The maximum atomic E-state index is 10.9. The molecule has 0 bridgehead atoms. The van der Waals surface area contributed by atoms with Crippen LogP contribution < -0.4 is 11.3 Å². The van der Waals surface area contributed by atoms with Crippen LogP contribution in [-0.4, -0.2) is 36.0 Å². The highest BCUT2D eigenvalue weighted by Crippen LogP contribution is 2.02. The molecule has 0 saturated carbocycles. The van der Waals surface area contributed by atoms with Gasteiger partial charge in [0.2, 0.25) is 0 Å². The summed E-state index contributed by atoms with van der Waals surface area (Å²) in [4.78, 5) is 12.5. The second kappa shape index (κ2) is 5.26. The number of carbonyl (C=O) groups excluding carboxylic acids is 1. The summed E-state index contributed by atoms with van der Waals surface area (Å²) in [6.07, 6.45) is 2.00. The third-order valence-corrected chi connectivity index (χ3v) is 2.33. The molecule has 0 fully saturated rings. The van der Waals surface area contributed by atoms with Crippen molar-refractivity contribution in [1.29, 1.82) is 0 Å². The quantitative estimate of drug-likeness (QED) is 0.369. The van der Waals surface area contributed by atoms with Gasteiger partial charge < -0.3 is 4.90 Å². The fourth-order valence-electron chi connectivity index (χ4n) is 0.655. The van der Waals surface area contributed by atoms with E-state index in [1.54, 1.807) is 23.7 Å². The van der Waals surface area contributed by atoms with E-state index in [1.807, 2.05) is 13.2 Å². The molecule has 5 heteroatoms. The first-order valence-corrected chi connectivity index (χ1v) is 4.75. The van der Waals surface area contributed by atoms with Crippen molar-refractivity contribution < 1.29 is 4.79 Å². The monoisotopic (exact) mass is 177 g/mol. The first-order chi connectivity index (χ1) is 5.13. The Kier molecular flexibility index (Phi) is 5.06. The van der Waals surface area contributed by atoms with Gasteiger partial charge in [-0.05, 0) is 13.2 Å². The lowest BCUT2D eigenvalue weighted by molar-refractivity contribution is 0.198. The van der Waals surface area contributed by atoms with Crippen molar-refractivity contribution in [3.63, 3.8) is 0 Å². The largest absolute Gasteiger partial charge is 0.331 e. The summed E-state index contributed by atoms with van der Waals surface area (Å²) >= 11 is 1.70. The van der Waals surface area contributed by atoms with Crippen LogP contribution in [0.2, 0.25) is 0 Å². The van der Waals surface area contributed by atoms with Crippen LogP contribution in [0.5, 0.6) is 0 Å². The molecular formula is C6H15N3OS. The third-order valence-electron chi connectivity index (χ3n) is 1.51. The molecule has 11 heavy (non-hydrogen) atoms. The molecule has 3 N–H and O–H groups in total. The second-order valence-corrected chi connectivity index (χ2v) is 3.28. The summed E-state index contributed by atoms with van der Waals surface area (Å²) in [7, 11) is 1.73. The molecule has 0 aliphatic heterocycles. The number of nitrogens with zero attached hydrogens (tertiary/aromatic N) is 1. The van der Waals surface area contributed by atoms with Crippen LogP contribution in [0.25, 0.3) is 0 Å². The Bertz CT molecular complexity index is 131. The molecule has 0 aliphatic carbocycles. The minimum Gasteiger partial charge on any atom is -0.323 e. The number of nitrogens with two attached hydrogens (primary N) is 1. The van der Waals surface area contributed by atoms with E-state index in [9.17, 15) is 4.79 Å². The number of hydrazine groups is 1. The Labute approximate surface area is 71.5 Å². The van der Waals surface area contributed by atoms with Crippen molar-refractivity contribution >= 4 is 17.8 Å². The van der Waals surface area contributed by atoms with E-state index in [0.717, 1.165) is 5.75 Å². The number of thioether (sulfide) groups is 1. The van der Waals surface area contributed by atoms with E-state index in [4.69, 9.17) is 5.84 Å². The van der Waals surface area contributed by atoms with Crippen LogP contribution in [0.1, 0.15) is 6.92 Å². The summed E-state index contributed by atoms with van der Waals surface area (Å²) in [5.41, 5.74) is 2.08. The van der Waals surface area contributed by atoms with Crippen LogP contribution >= 0.6 is 11.8 Å². The number of urea groups is 1. The number of hydrogen-bond acceptors (Lipinski definition) is 3. The van der Waals surface area contributed by atoms with E-state index in [-0.39, 0.29) is 12.1 Å². The Balaban J connectivity index is 3.80. The molecule has 0 aromatic heterocycles. The van der Waals surface area contributed by atoms with Crippen molar-refractivity contribution in [2.45, 2.75) is 13.0 Å². The molecule has 0 radical (unpaired) electrons. The average molecular weight is 177 g/mol. The summed E-state index contributed by atoms with van der Waals surface area (Å²) in [6.45, 7) is 1.98. The van der Waals surface area contributed by atoms with Crippen LogP contribution in [-0.2, 0) is 0 Å². The highest BCUT2D eigenvalue weighted by Gasteiger charge is 2.12. The topological polar surface area (TPSA) is 58.4 Å². The third kappa shape index (κ3) is 3.48. The number of amides is 2. The lowest BCUT2D eigenvalue weighted by Gasteiger charge is -2.23. The molecule has 0 aromatic rings. The normalized spacial score (nSPS) is 12.4. The fourth-order valence-corrected chi connectivity index (χ4v) is 1.36. The van der Waals surface area contributed by atoms with Crippen molar-refractivity contribution in [2.24, 2.45) is 5.84 Å². The van der Waals surface area contributed by atoms with Gasteiger partial charge in [-0.2, -0.15) is 11.8 Å². The lowest BCUT2D eigenvalue weighted by Crippen LogP contribution is -2.46. The molecule has 4 nitrogen and oxygen atoms in total. The van der Waals surface area contributed by atoms with Crippen molar-refractivity contribution in [1.82, 2.24) is 10.3 Å². The Hall–Kier alpha value is -0.420. The Morgan fingerprint density at radius 1 is 1.82 bits per heavy atom. The van der Waals surface area contributed by atoms with Gasteiger partial charge in [0.1, 0.15) is 0 Å². The van der Waals surface area contributed by atoms with E-state index >= 15 is 0 Å². The van der Waals surface area contributed by atoms with E-state index in [1.165, 1.54) is 0 Å². The van der Waals surface area contributed by atoms with Gasteiger partial charge >= 0.3 is 6.03 Å².